The van der Waals surface area contributed by atoms with E-state index < -0.39 is 0 Å². The highest BCUT2D eigenvalue weighted by Crippen LogP contribution is 2.17. The fourth-order valence-electron chi connectivity index (χ4n) is 0.934. The van der Waals surface area contributed by atoms with Gasteiger partial charge in [-0.05, 0) is 0 Å². The number of nitrogens with one attached hydrogen (secondary N) is 1. The summed E-state index contributed by atoms with van der Waals surface area (Å²) in [7, 11) is 0. The topological polar surface area (TPSA) is 61.7 Å². The van der Waals surface area contributed by atoms with Gasteiger partial charge >= 0.3 is 0 Å². The van der Waals surface area contributed by atoms with Gasteiger partial charge < -0.3 is 10.5 Å². The molecule has 0 spiro atoms. The highest BCUT2D eigenvalue weighted by atomic mass is 16.4. The molecule has 0 aliphatic carbocycles. The summed E-state index contributed by atoms with van der Waals surface area (Å²) in [6.07, 6.45) is 0. The van der Waals surface area contributed by atoms with Crippen molar-refractivity contribution in [2.75, 3.05) is 0 Å². The van der Waals surface area contributed by atoms with Gasteiger partial charge in [0, 0.05) is 11.8 Å². The van der Waals surface area contributed by atoms with Crippen LogP contribution >= 0.6 is 0 Å². The predicted octanol–water partition coefficient (Wildman–Crippen LogP) is 0.176. The molecule has 0 aromatic heterocycles. The van der Waals surface area contributed by atoms with Gasteiger partial charge in [-0.2, -0.15) is 0 Å². The maximum Gasteiger partial charge on any atom is 0.228 e. The first-order valence-corrected chi connectivity index (χ1v) is 3.19. The van der Waals surface area contributed by atoms with Crippen LogP contribution in [0.3, 0.4) is 0 Å². The zero-order valence-electron chi connectivity index (χ0n) is 5.96. The Bertz CT molecular complexity index is 188. The minimum absolute atomic E-state index is 0.0116. The third-order valence-electron chi connectivity index (χ3n) is 1.95. The van der Waals surface area contributed by atoms with Crippen LogP contribution in [0.1, 0.15) is 13.8 Å². The molecule has 0 aromatic carbocycles. The first-order chi connectivity index (χ1) is 4.66. The first-order valence-electron chi connectivity index (χ1n) is 3.19. The third-order valence-corrected chi connectivity index (χ3v) is 1.95. The summed E-state index contributed by atoms with van der Waals surface area (Å²) >= 11 is 0. The van der Waals surface area contributed by atoms with Crippen molar-refractivity contribution in [2.45, 2.75) is 13.8 Å². The van der Waals surface area contributed by atoms with Gasteiger partial charge in [-0.25, -0.2) is 0 Å². The molecular formula is C6H10N2O2. The summed E-state index contributed by atoms with van der Waals surface area (Å²) in [5.41, 5.74) is 0. The molecular weight excluding hydrogens is 132 g/mol. The fourth-order valence-corrected chi connectivity index (χ4v) is 0.934. The average molecular weight is 142 g/mol. The minimum atomic E-state index is -0.0779. The summed E-state index contributed by atoms with van der Waals surface area (Å²) in [6.45, 7) is 3.65. The van der Waals surface area contributed by atoms with E-state index in [1.54, 1.807) is 6.92 Å². The van der Waals surface area contributed by atoms with Gasteiger partial charge in [-0.3, -0.25) is 4.79 Å². The fraction of sp³-hybridized carbons (Fsp3) is 0.667. The van der Waals surface area contributed by atoms with Crippen molar-refractivity contribution in [2.24, 2.45) is 17.0 Å². The molecule has 1 saturated heterocycles. The van der Waals surface area contributed by atoms with E-state index in [1.165, 1.54) is 0 Å². The lowest BCUT2D eigenvalue weighted by molar-refractivity contribution is -0.122. The molecule has 0 radical (unpaired) electrons. The smallest absolute Gasteiger partial charge is 0.228 e. The lowest BCUT2D eigenvalue weighted by atomic mass is 9.99. The molecule has 1 aliphatic rings. The van der Waals surface area contributed by atoms with Crippen molar-refractivity contribution in [1.82, 2.24) is 5.32 Å². The molecule has 1 heterocycles. The van der Waals surface area contributed by atoms with Crippen molar-refractivity contribution < 1.29 is 10.0 Å². The van der Waals surface area contributed by atoms with E-state index in [-0.39, 0.29) is 17.7 Å². The molecule has 10 heavy (non-hydrogen) atoms. The van der Waals surface area contributed by atoms with Crippen LogP contribution in [0.25, 0.3) is 0 Å². The van der Waals surface area contributed by atoms with Crippen molar-refractivity contribution in [3.05, 3.63) is 0 Å². The normalized spacial score (nSPS) is 36.6. The largest absolute Gasteiger partial charge is 0.409 e. The van der Waals surface area contributed by atoms with Crippen molar-refractivity contribution in [3.8, 4) is 0 Å². The number of hydrogen-bond acceptors (Lipinski definition) is 3. The van der Waals surface area contributed by atoms with Crippen LogP contribution < -0.4 is 5.32 Å². The Morgan fingerprint density at radius 1 is 1.50 bits per heavy atom. The molecule has 0 aromatic rings. The van der Waals surface area contributed by atoms with Crippen molar-refractivity contribution in [1.29, 1.82) is 0 Å². The number of rotatable bonds is 0. The van der Waals surface area contributed by atoms with Crippen LogP contribution in [-0.4, -0.2) is 17.0 Å². The highest BCUT2D eigenvalue weighted by Gasteiger charge is 2.33. The Labute approximate surface area is 58.9 Å². The second kappa shape index (κ2) is 2.28. The summed E-state index contributed by atoms with van der Waals surface area (Å²) in [5.74, 6) is 0.237. The maximum atomic E-state index is 10.9. The van der Waals surface area contributed by atoms with Crippen LogP contribution in [0.15, 0.2) is 5.16 Å². The molecule has 2 unspecified atom stereocenters. The Hall–Kier alpha value is -1.06. The molecule has 1 fully saturated rings. The van der Waals surface area contributed by atoms with Gasteiger partial charge in [0.05, 0.1) is 0 Å². The monoisotopic (exact) mass is 142 g/mol. The number of amides is 1. The molecule has 4 heteroatoms. The molecule has 2 atom stereocenters. The lowest BCUT2D eigenvalue weighted by Crippen LogP contribution is -2.22. The number of amidine groups is 1. The Morgan fingerprint density at radius 2 is 2.10 bits per heavy atom. The van der Waals surface area contributed by atoms with Crippen molar-refractivity contribution >= 4 is 11.7 Å². The molecule has 2 N–H and O–H groups in total. The van der Waals surface area contributed by atoms with E-state index >= 15 is 0 Å². The molecule has 0 saturated carbocycles. The van der Waals surface area contributed by atoms with Gasteiger partial charge in [-0.15, -0.1) is 0 Å². The summed E-state index contributed by atoms with van der Waals surface area (Å²) in [5, 5.41) is 13.8. The Kier molecular flexibility index (Phi) is 1.61. The van der Waals surface area contributed by atoms with Gasteiger partial charge in [0.25, 0.3) is 0 Å². The zero-order chi connectivity index (χ0) is 7.72. The van der Waals surface area contributed by atoms with E-state index in [4.69, 9.17) is 5.21 Å². The number of oxime groups is 1. The molecule has 0 bridgehead atoms. The average Bonchev–Trinajstić information content (AvgIpc) is 2.17. The van der Waals surface area contributed by atoms with E-state index in [2.05, 4.69) is 10.5 Å². The summed E-state index contributed by atoms with van der Waals surface area (Å²) in [6, 6.07) is 0. The van der Waals surface area contributed by atoms with E-state index in [9.17, 15) is 4.79 Å². The number of nitrogens with zero attached hydrogens (tertiary/aromatic N) is 1. The standard InChI is InChI=1S/C6H10N2O2/c1-3-4(2)6(9)7-5(3)8-10/h3-4,10H,1-2H3,(H,7,8,9). The SMILES string of the molecule is CC1C(=O)N/C(=N/O)C1C. The van der Waals surface area contributed by atoms with E-state index in [1.807, 2.05) is 6.92 Å². The summed E-state index contributed by atoms with van der Waals surface area (Å²) in [4.78, 5) is 10.9. The molecule has 1 rings (SSSR count). The minimum Gasteiger partial charge on any atom is -0.409 e. The quantitative estimate of drug-likeness (QED) is 0.374. The van der Waals surface area contributed by atoms with Gasteiger partial charge in [0.1, 0.15) is 0 Å². The highest BCUT2D eigenvalue weighted by molar-refractivity contribution is 6.07. The van der Waals surface area contributed by atoms with Crippen LogP contribution in [0, 0.1) is 11.8 Å². The van der Waals surface area contributed by atoms with Gasteiger partial charge in [0.15, 0.2) is 5.84 Å². The Morgan fingerprint density at radius 3 is 2.30 bits per heavy atom. The van der Waals surface area contributed by atoms with Crippen LogP contribution in [0.2, 0.25) is 0 Å². The second-order valence-corrected chi connectivity index (χ2v) is 2.55. The number of carbonyl (C=O) groups excluding carboxylic acids is 1. The van der Waals surface area contributed by atoms with Crippen molar-refractivity contribution in [3.63, 3.8) is 0 Å². The molecule has 4 nitrogen and oxygen atoms in total. The van der Waals surface area contributed by atoms with Crippen LogP contribution in [0.4, 0.5) is 0 Å². The van der Waals surface area contributed by atoms with Gasteiger partial charge in [-0.1, -0.05) is 19.0 Å². The maximum absolute atomic E-state index is 10.9. The van der Waals surface area contributed by atoms with E-state index in [0.717, 1.165) is 0 Å². The Balaban J connectivity index is 2.81. The third kappa shape index (κ3) is 0.853. The predicted molar refractivity (Wildman–Crippen MR) is 35.7 cm³/mol. The second-order valence-electron chi connectivity index (χ2n) is 2.55. The van der Waals surface area contributed by atoms with E-state index in [0.29, 0.717) is 5.84 Å². The van der Waals surface area contributed by atoms with Gasteiger partial charge in [0.2, 0.25) is 5.91 Å². The first kappa shape index (κ1) is 7.05. The molecule has 1 aliphatic heterocycles. The van der Waals surface area contributed by atoms with Crippen LogP contribution in [-0.2, 0) is 4.79 Å². The van der Waals surface area contributed by atoms with Crippen LogP contribution in [0.5, 0.6) is 0 Å². The molecule has 1 amide bonds. The number of carbonyl (C=O) groups is 1. The summed E-state index contributed by atoms with van der Waals surface area (Å²) < 4.78 is 0. The number of hydrogen-bond donors (Lipinski definition) is 2. The molecule has 56 valence electrons. The lowest BCUT2D eigenvalue weighted by Gasteiger charge is -2.01. The zero-order valence-corrected chi connectivity index (χ0v) is 5.96.